The van der Waals surface area contributed by atoms with E-state index in [4.69, 9.17) is 4.74 Å². The van der Waals surface area contributed by atoms with Gasteiger partial charge in [0.2, 0.25) is 5.91 Å². The van der Waals surface area contributed by atoms with Crippen LogP contribution in [0.2, 0.25) is 0 Å². The first kappa shape index (κ1) is 16.6. The van der Waals surface area contributed by atoms with Gasteiger partial charge in [0, 0.05) is 39.8 Å². The molecular weight excluding hydrogens is 308 g/mol. The molecule has 0 aliphatic carbocycles. The number of likely N-dealkylation sites (N-methyl/N-ethyl adjacent to an activating group) is 1. The second-order valence-corrected chi connectivity index (χ2v) is 6.21. The fourth-order valence-corrected chi connectivity index (χ4v) is 3.02. The third-order valence-electron chi connectivity index (χ3n) is 4.50. The first-order valence-electron chi connectivity index (χ1n) is 8.34. The van der Waals surface area contributed by atoms with E-state index < -0.39 is 6.04 Å². The lowest BCUT2D eigenvalue weighted by Gasteiger charge is -2.35. The molecule has 0 unspecified atom stereocenters. The standard InChI is InChI=1S/C17H24N4O3/c1-19-13-15(18-17(19)23)16(22)21-9-7-20(8-10-21)11-12-24-14-5-3-2-4-6-14/h2-6,15H,7-13H2,1H3,(H,18,23)/t15-/m1/s1. The zero-order valence-corrected chi connectivity index (χ0v) is 14.0. The molecule has 0 spiro atoms. The summed E-state index contributed by atoms with van der Waals surface area (Å²) in [5, 5.41) is 2.73. The van der Waals surface area contributed by atoms with Gasteiger partial charge in [0.1, 0.15) is 18.4 Å². The fraction of sp³-hybridized carbons (Fsp3) is 0.529. The van der Waals surface area contributed by atoms with Crippen molar-refractivity contribution in [1.29, 1.82) is 0 Å². The predicted octanol–water partition coefficient (Wildman–Crippen LogP) is 0.233. The summed E-state index contributed by atoms with van der Waals surface area (Å²) in [5.41, 5.74) is 0. The van der Waals surface area contributed by atoms with Crippen molar-refractivity contribution in [2.75, 3.05) is 52.9 Å². The number of hydrogen-bond donors (Lipinski definition) is 1. The van der Waals surface area contributed by atoms with Crippen molar-refractivity contribution >= 4 is 11.9 Å². The van der Waals surface area contributed by atoms with Crippen LogP contribution in [0.15, 0.2) is 30.3 Å². The molecule has 7 heteroatoms. The highest BCUT2D eigenvalue weighted by molar-refractivity contribution is 5.90. The first-order valence-corrected chi connectivity index (χ1v) is 8.34. The molecular formula is C17H24N4O3. The minimum absolute atomic E-state index is 0.0212. The lowest BCUT2D eigenvalue weighted by atomic mass is 10.2. The SMILES string of the molecule is CN1C[C@H](C(=O)N2CCN(CCOc3ccccc3)CC2)NC1=O. The number of rotatable bonds is 5. The Labute approximate surface area is 142 Å². The Kier molecular flexibility index (Phi) is 5.20. The molecule has 3 amide bonds. The van der Waals surface area contributed by atoms with E-state index in [1.54, 1.807) is 11.9 Å². The molecule has 2 aliphatic heterocycles. The zero-order valence-electron chi connectivity index (χ0n) is 14.0. The number of piperazine rings is 1. The molecule has 2 saturated heterocycles. The van der Waals surface area contributed by atoms with Crippen LogP contribution in [0.25, 0.3) is 0 Å². The van der Waals surface area contributed by atoms with E-state index in [2.05, 4.69) is 10.2 Å². The molecule has 2 heterocycles. The summed E-state index contributed by atoms with van der Waals surface area (Å²) >= 11 is 0. The van der Waals surface area contributed by atoms with Crippen molar-refractivity contribution in [3.63, 3.8) is 0 Å². The van der Waals surface area contributed by atoms with Crippen molar-refractivity contribution in [2.45, 2.75) is 6.04 Å². The van der Waals surface area contributed by atoms with Crippen LogP contribution in [-0.4, -0.2) is 85.6 Å². The van der Waals surface area contributed by atoms with Gasteiger partial charge in [-0.2, -0.15) is 0 Å². The number of hydrogen-bond acceptors (Lipinski definition) is 4. The maximum atomic E-state index is 12.4. The van der Waals surface area contributed by atoms with Crippen molar-refractivity contribution in [1.82, 2.24) is 20.0 Å². The highest BCUT2D eigenvalue weighted by Crippen LogP contribution is 2.10. The van der Waals surface area contributed by atoms with Gasteiger partial charge in [-0.1, -0.05) is 18.2 Å². The Morgan fingerprint density at radius 3 is 2.54 bits per heavy atom. The van der Waals surface area contributed by atoms with Gasteiger partial charge in [0.05, 0.1) is 6.54 Å². The van der Waals surface area contributed by atoms with E-state index in [1.807, 2.05) is 35.2 Å². The van der Waals surface area contributed by atoms with Crippen LogP contribution in [0.1, 0.15) is 0 Å². The molecule has 1 aromatic rings. The zero-order chi connectivity index (χ0) is 16.9. The molecule has 0 saturated carbocycles. The van der Waals surface area contributed by atoms with Gasteiger partial charge in [0.25, 0.3) is 0 Å². The quantitative estimate of drug-likeness (QED) is 0.839. The Bertz CT molecular complexity index is 572. The number of nitrogens with zero attached hydrogens (tertiary/aromatic N) is 3. The Morgan fingerprint density at radius 2 is 1.92 bits per heavy atom. The van der Waals surface area contributed by atoms with E-state index >= 15 is 0 Å². The van der Waals surface area contributed by atoms with E-state index in [9.17, 15) is 9.59 Å². The molecule has 1 atom stereocenters. The molecule has 0 aromatic heterocycles. The molecule has 130 valence electrons. The summed E-state index contributed by atoms with van der Waals surface area (Å²) in [6, 6.07) is 9.19. The number of urea groups is 1. The molecule has 1 aromatic carbocycles. The Morgan fingerprint density at radius 1 is 1.21 bits per heavy atom. The molecule has 7 nitrogen and oxygen atoms in total. The number of benzene rings is 1. The fourth-order valence-electron chi connectivity index (χ4n) is 3.02. The van der Waals surface area contributed by atoms with E-state index in [0.717, 1.165) is 25.4 Å². The van der Waals surface area contributed by atoms with Crippen molar-refractivity contribution < 1.29 is 14.3 Å². The van der Waals surface area contributed by atoms with Crippen LogP contribution in [0, 0.1) is 0 Å². The average molecular weight is 332 g/mol. The van der Waals surface area contributed by atoms with Gasteiger partial charge in [-0.05, 0) is 12.1 Å². The number of amides is 3. The lowest BCUT2D eigenvalue weighted by Crippen LogP contribution is -2.54. The summed E-state index contributed by atoms with van der Waals surface area (Å²) < 4.78 is 5.71. The number of para-hydroxylation sites is 1. The largest absolute Gasteiger partial charge is 0.492 e. The number of ether oxygens (including phenoxy) is 1. The van der Waals surface area contributed by atoms with Crippen molar-refractivity contribution in [2.24, 2.45) is 0 Å². The van der Waals surface area contributed by atoms with Crippen LogP contribution in [-0.2, 0) is 4.79 Å². The van der Waals surface area contributed by atoms with Gasteiger partial charge < -0.3 is 19.9 Å². The van der Waals surface area contributed by atoms with Crippen molar-refractivity contribution in [3.05, 3.63) is 30.3 Å². The molecule has 0 radical (unpaired) electrons. The van der Waals surface area contributed by atoms with Crippen molar-refractivity contribution in [3.8, 4) is 5.75 Å². The third kappa shape index (κ3) is 3.97. The van der Waals surface area contributed by atoms with Crippen LogP contribution in [0.5, 0.6) is 5.75 Å². The average Bonchev–Trinajstić information content (AvgIpc) is 2.95. The van der Waals surface area contributed by atoms with Gasteiger partial charge >= 0.3 is 6.03 Å². The topological polar surface area (TPSA) is 65.1 Å². The Hall–Kier alpha value is -2.28. The second-order valence-electron chi connectivity index (χ2n) is 6.21. The van der Waals surface area contributed by atoms with Gasteiger partial charge in [0.15, 0.2) is 0 Å². The van der Waals surface area contributed by atoms with Gasteiger partial charge in [-0.25, -0.2) is 4.79 Å². The van der Waals surface area contributed by atoms with Crippen LogP contribution in [0.3, 0.4) is 0 Å². The summed E-state index contributed by atoms with van der Waals surface area (Å²) in [7, 11) is 1.70. The number of carbonyl (C=O) groups is 2. The molecule has 2 fully saturated rings. The maximum absolute atomic E-state index is 12.4. The first-order chi connectivity index (χ1) is 11.6. The normalized spacial score (nSPS) is 21.7. The monoisotopic (exact) mass is 332 g/mol. The van der Waals surface area contributed by atoms with Crippen LogP contribution in [0.4, 0.5) is 4.79 Å². The number of nitrogens with one attached hydrogen (secondary N) is 1. The van der Waals surface area contributed by atoms with E-state index in [0.29, 0.717) is 26.2 Å². The predicted molar refractivity (Wildman–Crippen MR) is 89.9 cm³/mol. The minimum atomic E-state index is -0.407. The Balaban J connectivity index is 1.38. The molecule has 3 rings (SSSR count). The van der Waals surface area contributed by atoms with E-state index in [1.165, 1.54) is 0 Å². The maximum Gasteiger partial charge on any atom is 0.317 e. The van der Waals surface area contributed by atoms with Gasteiger partial charge in [-0.3, -0.25) is 9.69 Å². The molecule has 2 aliphatic rings. The summed E-state index contributed by atoms with van der Waals surface area (Å²) in [5.74, 6) is 0.903. The molecule has 24 heavy (non-hydrogen) atoms. The molecule has 0 bridgehead atoms. The lowest BCUT2D eigenvalue weighted by molar-refractivity contribution is -0.134. The summed E-state index contributed by atoms with van der Waals surface area (Å²) in [6.07, 6.45) is 0. The second kappa shape index (κ2) is 7.53. The molecule has 1 N–H and O–H groups in total. The summed E-state index contributed by atoms with van der Waals surface area (Å²) in [4.78, 5) is 29.6. The minimum Gasteiger partial charge on any atom is -0.492 e. The summed E-state index contributed by atoms with van der Waals surface area (Å²) in [6.45, 7) is 4.99. The van der Waals surface area contributed by atoms with Crippen LogP contribution < -0.4 is 10.1 Å². The smallest absolute Gasteiger partial charge is 0.317 e. The van der Waals surface area contributed by atoms with Gasteiger partial charge in [-0.15, -0.1) is 0 Å². The van der Waals surface area contributed by atoms with E-state index in [-0.39, 0.29) is 11.9 Å². The third-order valence-corrected chi connectivity index (χ3v) is 4.50. The van der Waals surface area contributed by atoms with Crippen LogP contribution >= 0.6 is 0 Å². The highest BCUT2D eigenvalue weighted by Gasteiger charge is 2.34. The highest BCUT2D eigenvalue weighted by atomic mass is 16.5. The number of carbonyl (C=O) groups excluding carboxylic acids is 2.